The predicted molar refractivity (Wildman–Crippen MR) is 119 cm³/mol. The standard InChI is InChI=1S/C21H19F5N4O3S2/c1-10(17(32)30-14(2-3-21(24,25)26)16(31)20-27-4-5-34-20)29-18(33)15-9-28-19(35-15)11-6-12(22)8-13(23)7-11/h4-10,14,16,31H,2-3H2,1H3,(H,29,33)(H,30,32)/t10-,14-,16?/m0/s1. The molecule has 0 radical (unpaired) electrons. The number of halogens is 5. The number of alkyl halides is 3. The van der Waals surface area contributed by atoms with E-state index >= 15 is 0 Å². The zero-order chi connectivity index (χ0) is 25.8. The van der Waals surface area contributed by atoms with E-state index in [2.05, 4.69) is 20.6 Å². The Morgan fingerprint density at radius 3 is 2.40 bits per heavy atom. The van der Waals surface area contributed by atoms with Crippen LogP contribution in [0.25, 0.3) is 10.6 Å². The Bertz CT molecular complexity index is 1150. The van der Waals surface area contributed by atoms with Crippen LogP contribution in [0.15, 0.2) is 36.0 Å². The normalized spacial score (nSPS) is 14.3. The predicted octanol–water partition coefficient (Wildman–Crippen LogP) is 4.22. The summed E-state index contributed by atoms with van der Waals surface area (Å²) in [6, 6.07) is 0.311. The zero-order valence-electron chi connectivity index (χ0n) is 18.0. The Kier molecular flexibility index (Phi) is 8.51. The number of carbonyl (C=O) groups is 2. The summed E-state index contributed by atoms with van der Waals surface area (Å²) in [6.07, 6.45) is -5.28. The first-order chi connectivity index (χ1) is 16.4. The van der Waals surface area contributed by atoms with Crippen LogP contribution in [0.5, 0.6) is 0 Å². The number of amides is 2. The molecule has 1 aromatic carbocycles. The number of hydrogen-bond acceptors (Lipinski definition) is 7. The van der Waals surface area contributed by atoms with Crippen LogP contribution < -0.4 is 10.6 Å². The van der Waals surface area contributed by atoms with Crippen molar-refractivity contribution in [2.45, 2.75) is 44.1 Å². The molecule has 0 aliphatic carbocycles. The lowest BCUT2D eigenvalue weighted by atomic mass is 10.0. The quantitative estimate of drug-likeness (QED) is 0.357. The molecule has 1 unspecified atom stereocenters. The molecule has 3 aromatic rings. The molecule has 35 heavy (non-hydrogen) atoms. The van der Waals surface area contributed by atoms with Gasteiger partial charge in [0.2, 0.25) is 5.91 Å². The fraction of sp³-hybridized carbons (Fsp3) is 0.333. The number of carbonyl (C=O) groups excluding carboxylic acids is 2. The molecule has 0 aliphatic heterocycles. The minimum absolute atomic E-state index is 0.0424. The third-order valence-electron chi connectivity index (χ3n) is 4.73. The van der Waals surface area contributed by atoms with E-state index in [-0.39, 0.29) is 20.5 Å². The van der Waals surface area contributed by atoms with Crippen molar-refractivity contribution in [2.75, 3.05) is 0 Å². The van der Waals surface area contributed by atoms with Crippen molar-refractivity contribution in [3.05, 3.63) is 57.5 Å². The van der Waals surface area contributed by atoms with E-state index in [1.807, 2.05) is 0 Å². The summed E-state index contributed by atoms with van der Waals surface area (Å²) >= 11 is 1.86. The monoisotopic (exact) mass is 534 g/mol. The molecule has 7 nitrogen and oxygen atoms in total. The number of aliphatic hydroxyl groups excluding tert-OH is 1. The fourth-order valence-electron chi connectivity index (χ4n) is 3.01. The Morgan fingerprint density at radius 1 is 1.11 bits per heavy atom. The van der Waals surface area contributed by atoms with E-state index in [9.17, 15) is 36.6 Å². The zero-order valence-corrected chi connectivity index (χ0v) is 19.6. The number of aliphatic hydroxyl groups is 1. The van der Waals surface area contributed by atoms with Crippen LogP contribution in [-0.2, 0) is 4.79 Å². The van der Waals surface area contributed by atoms with E-state index in [1.54, 1.807) is 0 Å². The minimum Gasteiger partial charge on any atom is -0.384 e. The minimum atomic E-state index is -4.50. The molecule has 0 bridgehead atoms. The summed E-state index contributed by atoms with van der Waals surface area (Å²) in [6.45, 7) is 1.31. The van der Waals surface area contributed by atoms with Gasteiger partial charge in [0, 0.05) is 29.6 Å². The Balaban J connectivity index is 1.65. The Labute approximate surface area is 204 Å². The SMILES string of the molecule is C[C@H](NC(=O)c1cnc(-c2cc(F)cc(F)c2)s1)C(=O)N[C@@H](CCC(F)(F)F)C(O)c1nccs1. The average Bonchev–Trinajstić information content (AvgIpc) is 3.47. The average molecular weight is 535 g/mol. The second-order valence-corrected chi connectivity index (χ2v) is 9.42. The Morgan fingerprint density at radius 2 is 1.80 bits per heavy atom. The van der Waals surface area contributed by atoms with Gasteiger partial charge in [0.1, 0.15) is 38.7 Å². The number of rotatable bonds is 9. The number of benzene rings is 1. The summed E-state index contributed by atoms with van der Waals surface area (Å²) < 4.78 is 65.1. The maximum atomic E-state index is 13.4. The molecule has 3 atom stereocenters. The van der Waals surface area contributed by atoms with Crippen LogP contribution in [0, 0.1) is 11.6 Å². The van der Waals surface area contributed by atoms with Gasteiger partial charge in [-0.3, -0.25) is 9.59 Å². The smallest absolute Gasteiger partial charge is 0.384 e. The molecule has 0 saturated heterocycles. The molecular formula is C21H19F5N4O3S2. The lowest BCUT2D eigenvalue weighted by Gasteiger charge is -2.25. The number of hydrogen-bond donors (Lipinski definition) is 3. The first kappa shape index (κ1) is 26.6. The van der Waals surface area contributed by atoms with E-state index in [1.165, 1.54) is 24.7 Å². The molecule has 0 fully saturated rings. The molecule has 2 heterocycles. The largest absolute Gasteiger partial charge is 0.389 e. The molecule has 0 aliphatic rings. The maximum absolute atomic E-state index is 13.4. The third-order valence-corrected chi connectivity index (χ3v) is 6.62. The topological polar surface area (TPSA) is 104 Å². The summed E-state index contributed by atoms with van der Waals surface area (Å²) in [7, 11) is 0. The highest BCUT2D eigenvalue weighted by Crippen LogP contribution is 2.28. The number of nitrogens with zero attached hydrogens (tertiary/aromatic N) is 2. The van der Waals surface area contributed by atoms with Crippen LogP contribution in [0.1, 0.15) is 40.5 Å². The van der Waals surface area contributed by atoms with Gasteiger partial charge in [0.25, 0.3) is 5.91 Å². The van der Waals surface area contributed by atoms with E-state index in [4.69, 9.17) is 0 Å². The van der Waals surface area contributed by atoms with Crippen molar-refractivity contribution < 1.29 is 36.6 Å². The van der Waals surface area contributed by atoms with Crippen LogP contribution >= 0.6 is 22.7 Å². The number of thiazole rings is 2. The second kappa shape index (κ2) is 11.2. The van der Waals surface area contributed by atoms with Gasteiger partial charge in [0.15, 0.2) is 0 Å². The van der Waals surface area contributed by atoms with Gasteiger partial charge in [-0.15, -0.1) is 22.7 Å². The van der Waals surface area contributed by atoms with E-state index in [0.29, 0.717) is 6.07 Å². The molecule has 3 N–H and O–H groups in total. The van der Waals surface area contributed by atoms with Crippen molar-refractivity contribution in [2.24, 2.45) is 0 Å². The van der Waals surface area contributed by atoms with E-state index < -0.39 is 60.7 Å². The first-order valence-electron chi connectivity index (χ1n) is 10.1. The molecule has 0 saturated carbocycles. The third kappa shape index (κ3) is 7.50. The molecule has 188 valence electrons. The van der Waals surface area contributed by atoms with Gasteiger partial charge in [-0.05, 0) is 25.5 Å². The summed E-state index contributed by atoms with van der Waals surface area (Å²) in [5, 5.41) is 17.0. The highest BCUT2D eigenvalue weighted by atomic mass is 32.1. The molecule has 14 heteroatoms. The first-order valence-corrected chi connectivity index (χ1v) is 11.8. The highest BCUT2D eigenvalue weighted by Gasteiger charge is 2.33. The van der Waals surface area contributed by atoms with Crippen molar-refractivity contribution >= 4 is 34.5 Å². The van der Waals surface area contributed by atoms with Crippen molar-refractivity contribution in [1.29, 1.82) is 0 Å². The maximum Gasteiger partial charge on any atom is 0.389 e. The summed E-state index contributed by atoms with van der Waals surface area (Å²) in [5.74, 6) is -3.17. The molecule has 2 amide bonds. The van der Waals surface area contributed by atoms with Crippen molar-refractivity contribution in [3.8, 4) is 10.6 Å². The van der Waals surface area contributed by atoms with Gasteiger partial charge in [-0.25, -0.2) is 18.7 Å². The molecular weight excluding hydrogens is 515 g/mol. The van der Waals surface area contributed by atoms with Crippen molar-refractivity contribution in [3.63, 3.8) is 0 Å². The number of aromatic nitrogens is 2. The molecule has 0 spiro atoms. The Hall–Kier alpha value is -2.97. The lowest BCUT2D eigenvalue weighted by Crippen LogP contribution is -2.49. The van der Waals surface area contributed by atoms with Crippen LogP contribution in [-0.4, -0.2) is 45.1 Å². The summed E-state index contributed by atoms with van der Waals surface area (Å²) in [4.78, 5) is 33.0. The van der Waals surface area contributed by atoms with Gasteiger partial charge >= 0.3 is 6.18 Å². The van der Waals surface area contributed by atoms with Gasteiger partial charge in [0.05, 0.1) is 12.2 Å². The van der Waals surface area contributed by atoms with Gasteiger partial charge < -0.3 is 15.7 Å². The van der Waals surface area contributed by atoms with Crippen molar-refractivity contribution in [1.82, 2.24) is 20.6 Å². The van der Waals surface area contributed by atoms with Crippen LogP contribution in [0.2, 0.25) is 0 Å². The lowest BCUT2D eigenvalue weighted by molar-refractivity contribution is -0.140. The second-order valence-electron chi connectivity index (χ2n) is 7.47. The van der Waals surface area contributed by atoms with Crippen LogP contribution in [0.3, 0.4) is 0 Å². The highest BCUT2D eigenvalue weighted by molar-refractivity contribution is 7.16. The van der Waals surface area contributed by atoms with Crippen LogP contribution in [0.4, 0.5) is 22.0 Å². The fourth-order valence-corrected chi connectivity index (χ4v) is 4.50. The number of nitrogens with one attached hydrogen (secondary N) is 2. The van der Waals surface area contributed by atoms with Gasteiger partial charge in [-0.2, -0.15) is 13.2 Å². The van der Waals surface area contributed by atoms with E-state index in [0.717, 1.165) is 34.8 Å². The van der Waals surface area contributed by atoms with Gasteiger partial charge in [-0.1, -0.05) is 0 Å². The molecule has 2 aromatic heterocycles. The summed E-state index contributed by atoms with van der Waals surface area (Å²) in [5.41, 5.74) is 0.126. The molecule has 3 rings (SSSR count).